The topological polar surface area (TPSA) is 78.4 Å². The number of unbranched alkanes of at least 4 members (excludes halogenated alkanes) is 2. The van der Waals surface area contributed by atoms with Gasteiger partial charge in [0.25, 0.3) is 0 Å². The van der Waals surface area contributed by atoms with Gasteiger partial charge in [-0.2, -0.15) is 0 Å². The highest BCUT2D eigenvalue weighted by molar-refractivity contribution is 9.10. The lowest BCUT2D eigenvalue weighted by atomic mass is 10.2. The number of nitrogens with one attached hydrogen (secondary N) is 2. The highest BCUT2D eigenvalue weighted by Gasteiger charge is 2.10. The first kappa shape index (κ1) is 18.1. The van der Waals surface area contributed by atoms with E-state index in [1.54, 1.807) is 12.1 Å². The second-order valence-corrected chi connectivity index (χ2v) is 5.92. The number of rotatable bonds is 7. The fourth-order valence-electron chi connectivity index (χ4n) is 1.57. The third-order valence-electron chi connectivity index (χ3n) is 2.64. The van der Waals surface area contributed by atoms with Gasteiger partial charge in [0, 0.05) is 17.4 Å². The fraction of sp³-hybridized carbons (Fsp3) is 0.385. The lowest BCUT2D eigenvalue weighted by molar-refractivity contribution is -0.137. The molecule has 0 saturated heterocycles. The predicted molar refractivity (Wildman–Crippen MR) is 87.3 cm³/mol. The zero-order valence-corrected chi connectivity index (χ0v) is 14.2. The van der Waals surface area contributed by atoms with Gasteiger partial charge in [-0.15, -0.1) is 0 Å². The number of amides is 2. The van der Waals surface area contributed by atoms with Crippen molar-refractivity contribution >= 4 is 56.8 Å². The number of anilines is 1. The van der Waals surface area contributed by atoms with Crippen molar-refractivity contribution in [2.75, 3.05) is 11.9 Å². The second kappa shape index (κ2) is 9.12. The minimum Gasteiger partial charge on any atom is -0.481 e. The maximum Gasteiger partial charge on any atom is 0.319 e. The molecule has 1 aromatic carbocycles. The highest BCUT2D eigenvalue weighted by Crippen LogP contribution is 2.35. The van der Waals surface area contributed by atoms with E-state index in [1.807, 2.05) is 0 Å². The molecule has 0 heterocycles. The largest absolute Gasteiger partial charge is 0.481 e. The van der Waals surface area contributed by atoms with E-state index in [1.165, 1.54) is 0 Å². The lowest BCUT2D eigenvalue weighted by Gasteiger charge is -2.10. The van der Waals surface area contributed by atoms with Crippen molar-refractivity contribution in [1.82, 2.24) is 5.32 Å². The molecule has 0 aliphatic rings. The average Bonchev–Trinajstić information content (AvgIpc) is 2.43. The molecule has 8 heteroatoms. The molecule has 0 fully saturated rings. The van der Waals surface area contributed by atoms with Crippen LogP contribution in [0.15, 0.2) is 16.6 Å². The van der Waals surface area contributed by atoms with Crippen molar-refractivity contribution in [2.45, 2.75) is 25.7 Å². The number of hydrogen-bond donors (Lipinski definition) is 3. The molecule has 5 nitrogen and oxygen atoms in total. The van der Waals surface area contributed by atoms with E-state index < -0.39 is 5.97 Å². The summed E-state index contributed by atoms with van der Waals surface area (Å²) in [5, 5.41) is 14.4. The van der Waals surface area contributed by atoms with Gasteiger partial charge in [0.2, 0.25) is 0 Å². The summed E-state index contributed by atoms with van der Waals surface area (Å²) < 4.78 is 0.651. The molecule has 21 heavy (non-hydrogen) atoms. The van der Waals surface area contributed by atoms with Crippen LogP contribution >= 0.6 is 39.1 Å². The Morgan fingerprint density at radius 1 is 1.14 bits per heavy atom. The Hall–Kier alpha value is -0.980. The molecular formula is C13H15BrCl2N2O3. The van der Waals surface area contributed by atoms with E-state index in [2.05, 4.69) is 26.6 Å². The monoisotopic (exact) mass is 396 g/mol. The summed E-state index contributed by atoms with van der Waals surface area (Å²) in [6, 6.07) is 2.95. The molecule has 116 valence electrons. The third kappa shape index (κ3) is 6.54. The number of carboxylic acids is 1. The smallest absolute Gasteiger partial charge is 0.319 e. The quantitative estimate of drug-likeness (QED) is 0.467. The zero-order valence-electron chi connectivity index (χ0n) is 11.1. The summed E-state index contributed by atoms with van der Waals surface area (Å²) in [5.41, 5.74) is 0.424. The van der Waals surface area contributed by atoms with Crippen LogP contribution < -0.4 is 10.6 Å². The summed E-state index contributed by atoms with van der Waals surface area (Å²) >= 11 is 15.2. The van der Waals surface area contributed by atoms with Gasteiger partial charge in [-0.1, -0.05) is 29.6 Å². The third-order valence-corrected chi connectivity index (χ3v) is 4.41. The molecule has 0 aliphatic heterocycles. The summed E-state index contributed by atoms with van der Waals surface area (Å²) in [5.74, 6) is -0.803. The van der Waals surface area contributed by atoms with Gasteiger partial charge < -0.3 is 15.7 Å². The number of aliphatic carboxylic acids is 1. The number of carbonyl (C=O) groups is 2. The minimum atomic E-state index is -0.803. The van der Waals surface area contributed by atoms with Crippen LogP contribution in [0.1, 0.15) is 25.7 Å². The Kier molecular flexibility index (Phi) is 7.85. The van der Waals surface area contributed by atoms with Gasteiger partial charge in [-0.25, -0.2) is 4.79 Å². The number of benzene rings is 1. The van der Waals surface area contributed by atoms with E-state index in [-0.39, 0.29) is 17.5 Å². The maximum atomic E-state index is 11.7. The van der Waals surface area contributed by atoms with E-state index >= 15 is 0 Å². The molecule has 0 saturated carbocycles. The molecule has 3 N–H and O–H groups in total. The Morgan fingerprint density at radius 2 is 1.86 bits per heavy atom. The van der Waals surface area contributed by atoms with Crippen molar-refractivity contribution in [3.63, 3.8) is 0 Å². The van der Waals surface area contributed by atoms with Crippen molar-refractivity contribution in [1.29, 1.82) is 0 Å². The van der Waals surface area contributed by atoms with Crippen molar-refractivity contribution in [3.8, 4) is 0 Å². The van der Waals surface area contributed by atoms with Crippen molar-refractivity contribution in [3.05, 3.63) is 26.7 Å². The van der Waals surface area contributed by atoms with Crippen LogP contribution in [0.3, 0.4) is 0 Å². The zero-order chi connectivity index (χ0) is 15.8. The number of halogens is 3. The van der Waals surface area contributed by atoms with Gasteiger partial charge in [0.05, 0.1) is 15.7 Å². The van der Waals surface area contributed by atoms with Crippen LogP contribution in [0.25, 0.3) is 0 Å². The SMILES string of the molecule is O=C(O)CCCCCNC(=O)Nc1ccc(Br)c(Cl)c1Cl. The molecule has 0 radical (unpaired) electrons. The van der Waals surface area contributed by atoms with Crippen LogP contribution in [0.5, 0.6) is 0 Å². The molecule has 0 spiro atoms. The van der Waals surface area contributed by atoms with Crippen LogP contribution in [-0.4, -0.2) is 23.7 Å². The van der Waals surface area contributed by atoms with Crippen LogP contribution in [0.4, 0.5) is 10.5 Å². The summed E-state index contributed by atoms with van der Waals surface area (Å²) in [4.78, 5) is 22.0. The molecule has 1 rings (SSSR count). The predicted octanol–water partition coefficient (Wildman–Crippen LogP) is 4.52. The maximum absolute atomic E-state index is 11.7. The first-order valence-electron chi connectivity index (χ1n) is 6.32. The second-order valence-electron chi connectivity index (χ2n) is 4.31. The van der Waals surface area contributed by atoms with Crippen molar-refractivity contribution in [2.24, 2.45) is 0 Å². The highest BCUT2D eigenvalue weighted by atomic mass is 79.9. The summed E-state index contributed by atoms with van der Waals surface area (Å²) in [6.45, 7) is 0.466. The number of carbonyl (C=O) groups excluding carboxylic acids is 1. The number of hydrogen-bond acceptors (Lipinski definition) is 2. The van der Waals surface area contributed by atoms with E-state index in [4.69, 9.17) is 28.3 Å². The van der Waals surface area contributed by atoms with Gasteiger partial charge in [-0.3, -0.25) is 4.79 Å². The fourth-order valence-corrected chi connectivity index (χ4v) is 2.39. The molecular weight excluding hydrogens is 383 g/mol. The molecule has 0 aliphatic carbocycles. The van der Waals surface area contributed by atoms with E-state index in [9.17, 15) is 9.59 Å². The van der Waals surface area contributed by atoms with E-state index in [0.717, 1.165) is 12.8 Å². The van der Waals surface area contributed by atoms with Gasteiger partial charge in [-0.05, 0) is 40.9 Å². The molecule has 0 unspecified atom stereocenters. The Labute approximate surface area is 141 Å². The summed E-state index contributed by atoms with van der Waals surface area (Å²) in [7, 11) is 0. The van der Waals surface area contributed by atoms with Crippen LogP contribution in [0.2, 0.25) is 10.0 Å². The molecule has 1 aromatic rings. The van der Waals surface area contributed by atoms with Gasteiger partial charge >= 0.3 is 12.0 Å². The molecule has 0 atom stereocenters. The Balaban J connectivity index is 2.31. The van der Waals surface area contributed by atoms with Crippen molar-refractivity contribution < 1.29 is 14.7 Å². The first-order chi connectivity index (χ1) is 9.91. The lowest BCUT2D eigenvalue weighted by Crippen LogP contribution is -2.29. The molecule has 0 bridgehead atoms. The average molecular weight is 398 g/mol. The Bertz CT molecular complexity index is 526. The molecule has 2 amide bonds. The molecule has 0 aromatic heterocycles. The van der Waals surface area contributed by atoms with Gasteiger partial charge in [0.15, 0.2) is 0 Å². The van der Waals surface area contributed by atoms with E-state index in [0.29, 0.717) is 28.1 Å². The van der Waals surface area contributed by atoms with Crippen LogP contribution in [-0.2, 0) is 4.79 Å². The Morgan fingerprint density at radius 3 is 2.52 bits per heavy atom. The summed E-state index contributed by atoms with van der Waals surface area (Å²) in [6.07, 6.45) is 2.22. The minimum absolute atomic E-state index is 0.152. The normalized spacial score (nSPS) is 10.2. The standard InChI is InChI=1S/C13H15BrCl2N2O3/c14-8-5-6-9(12(16)11(8)15)18-13(21)17-7-3-1-2-4-10(19)20/h5-6H,1-4,7H2,(H,19,20)(H2,17,18,21). The van der Waals surface area contributed by atoms with Gasteiger partial charge in [0.1, 0.15) is 0 Å². The number of urea groups is 1. The first-order valence-corrected chi connectivity index (χ1v) is 7.87. The van der Waals surface area contributed by atoms with Crippen LogP contribution in [0, 0.1) is 0 Å². The number of carboxylic acid groups (broad SMARTS) is 1.